The molecule has 0 N–H and O–H groups in total. The topological polar surface area (TPSA) is 55.3 Å². The van der Waals surface area contributed by atoms with Crippen LogP contribution in [0.1, 0.15) is 34.0 Å². The molecule has 0 bridgehead atoms. The number of thiophene rings is 1. The summed E-state index contributed by atoms with van der Waals surface area (Å²) in [6.07, 6.45) is 1.84. The number of halogens is 1. The van der Waals surface area contributed by atoms with Crippen molar-refractivity contribution < 1.29 is 9.53 Å². The van der Waals surface area contributed by atoms with Gasteiger partial charge in [-0.2, -0.15) is 4.98 Å². The molecule has 1 atom stereocenters. The van der Waals surface area contributed by atoms with Gasteiger partial charge in [-0.1, -0.05) is 0 Å². The number of likely N-dealkylation sites (tertiary alicyclic amines) is 1. The normalized spacial score (nSPS) is 18.0. The molecule has 2 aromatic rings. The minimum absolute atomic E-state index is 0.0233. The Hall–Kier alpha value is -1.47. The zero-order chi connectivity index (χ0) is 16.4. The lowest BCUT2D eigenvalue weighted by atomic mass is 10.1. The first-order valence-corrected chi connectivity index (χ1v) is 9.21. The quantitative estimate of drug-likeness (QED) is 0.796. The molecule has 0 spiro atoms. The summed E-state index contributed by atoms with van der Waals surface area (Å²) in [5.41, 5.74) is 0.889. The first-order valence-electron chi connectivity index (χ1n) is 7.53. The third kappa shape index (κ3) is 4.09. The van der Waals surface area contributed by atoms with Gasteiger partial charge < -0.3 is 9.64 Å². The highest BCUT2D eigenvalue weighted by Gasteiger charge is 2.26. The number of hydrogen-bond donors (Lipinski definition) is 0. The molecule has 0 radical (unpaired) electrons. The van der Waals surface area contributed by atoms with Gasteiger partial charge in [0.25, 0.3) is 5.91 Å². The third-order valence-corrected chi connectivity index (χ3v) is 5.35. The molecule has 2 aromatic heterocycles. The molecule has 1 aliphatic heterocycles. The second-order valence-electron chi connectivity index (χ2n) is 5.66. The molecule has 1 aliphatic rings. The van der Waals surface area contributed by atoms with Crippen LogP contribution in [0.25, 0.3) is 0 Å². The van der Waals surface area contributed by atoms with E-state index in [1.807, 2.05) is 36.3 Å². The van der Waals surface area contributed by atoms with E-state index in [4.69, 9.17) is 4.74 Å². The fourth-order valence-corrected chi connectivity index (χ4v) is 4.11. The van der Waals surface area contributed by atoms with Crippen molar-refractivity contribution in [2.75, 3.05) is 13.1 Å². The monoisotopic (exact) mass is 395 g/mol. The zero-order valence-electron chi connectivity index (χ0n) is 13.1. The molecule has 23 heavy (non-hydrogen) atoms. The summed E-state index contributed by atoms with van der Waals surface area (Å²) in [7, 11) is 0. The van der Waals surface area contributed by atoms with Crippen LogP contribution in [-0.4, -0.2) is 40.0 Å². The van der Waals surface area contributed by atoms with Gasteiger partial charge >= 0.3 is 0 Å². The number of rotatable bonds is 3. The van der Waals surface area contributed by atoms with Crippen LogP contribution in [0.15, 0.2) is 22.0 Å². The van der Waals surface area contributed by atoms with E-state index < -0.39 is 0 Å². The van der Waals surface area contributed by atoms with E-state index in [1.165, 1.54) is 11.3 Å². The van der Waals surface area contributed by atoms with Crippen molar-refractivity contribution in [1.29, 1.82) is 0 Å². The van der Waals surface area contributed by atoms with Crippen molar-refractivity contribution in [3.63, 3.8) is 0 Å². The summed E-state index contributed by atoms with van der Waals surface area (Å²) in [5, 5.41) is 1.93. The Bertz CT molecular complexity index is 699. The molecular weight excluding hydrogens is 378 g/mol. The molecule has 122 valence electrons. The van der Waals surface area contributed by atoms with Crippen molar-refractivity contribution in [3.8, 4) is 5.88 Å². The fraction of sp³-hybridized carbons (Fsp3) is 0.438. The summed E-state index contributed by atoms with van der Waals surface area (Å²) in [4.78, 5) is 23.8. The maximum absolute atomic E-state index is 12.6. The fourth-order valence-electron chi connectivity index (χ4n) is 2.71. The number of carbonyl (C=O) groups excluding carboxylic acids is 1. The summed E-state index contributed by atoms with van der Waals surface area (Å²) in [5.74, 6) is 1.37. The van der Waals surface area contributed by atoms with Gasteiger partial charge in [0, 0.05) is 28.2 Å². The number of amides is 1. The Morgan fingerprint density at radius 1 is 1.39 bits per heavy atom. The second kappa shape index (κ2) is 6.97. The first kappa shape index (κ1) is 16.4. The molecule has 1 unspecified atom stereocenters. The van der Waals surface area contributed by atoms with Crippen LogP contribution in [0.5, 0.6) is 5.88 Å². The summed E-state index contributed by atoms with van der Waals surface area (Å²) in [6.45, 7) is 5.14. The molecule has 0 aromatic carbocycles. The lowest BCUT2D eigenvalue weighted by Gasteiger charge is -2.32. The number of nitrogens with zero attached hydrogens (tertiary/aromatic N) is 3. The van der Waals surface area contributed by atoms with E-state index in [1.54, 1.807) is 0 Å². The van der Waals surface area contributed by atoms with Crippen molar-refractivity contribution in [2.45, 2.75) is 32.8 Å². The Balaban J connectivity index is 1.67. The molecule has 1 saturated heterocycles. The van der Waals surface area contributed by atoms with Crippen molar-refractivity contribution in [1.82, 2.24) is 14.9 Å². The van der Waals surface area contributed by atoms with E-state index in [-0.39, 0.29) is 12.0 Å². The second-order valence-corrected chi connectivity index (χ2v) is 7.48. The smallest absolute Gasteiger partial charge is 0.264 e. The molecular formula is C16H18BrN3O2S. The number of aryl methyl sites for hydroxylation is 2. The van der Waals surface area contributed by atoms with Crippen LogP contribution in [0.4, 0.5) is 0 Å². The number of hydrogen-bond acceptors (Lipinski definition) is 5. The van der Waals surface area contributed by atoms with E-state index >= 15 is 0 Å². The Kier molecular flexibility index (Phi) is 4.96. The Morgan fingerprint density at radius 3 is 2.91 bits per heavy atom. The minimum atomic E-state index is -0.0233. The highest BCUT2D eigenvalue weighted by atomic mass is 79.9. The average Bonchev–Trinajstić information content (AvgIpc) is 2.92. The van der Waals surface area contributed by atoms with Gasteiger partial charge in [-0.25, -0.2) is 4.98 Å². The van der Waals surface area contributed by atoms with Gasteiger partial charge in [0.1, 0.15) is 11.9 Å². The molecule has 7 heteroatoms. The van der Waals surface area contributed by atoms with Crippen molar-refractivity contribution in [3.05, 3.63) is 38.4 Å². The summed E-state index contributed by atoms with van der Waals surface area (Å²) >= 11 is 4.86. The molecule has 3 heterocycles. The zero-order valence-corrected chi connectivity index (χ0v) is 15.5. The minimum Gasteiger partial charge on any atom is -0.472 e. The lowest BCUT2D eigenvalue weighted by molar-refractivity contribution is 0.0531. The molecule has 1 amide bonds. The van der Waals surface area contributed by atoms with Gasteiger partial charge in [0.15, 0.2) is 0 Å². The van der Waals surface area contributed by atoms with Gasteiger partial charge in [-0.15, -0.1) is 11.3 Å². The number of carbonyl (C=O) groups is 1. The van der Waals surface area contributed by atoms with E-state index in [2.05, 4.69) is 25.9 Å². The largest absolute Gasteiger partial charge is 0.472 e. The Morgan fingerprint density at radius 2 is 2.22 bits per heavy atom. The Labute approximate surface area is 147 Å². The molecule has 5 nitrogen and oxygen atoms in total. The predicted molar refractivity (Wildman–Crippen MR) is 93.1 cm³/mol. The predicted octanol–water partition coefficient (Wildman–Crippen LogP) is 3.60. The van der Waals surface area contributed by atoms with Crippen LogP contribution in [0.3, 0.4) is 0 Å². The van der Waals surface area contributed by atoms with Crippen molar-refractivity contribution in [2.24, 2.45) is 0 Å². The van der Waals surface area contributed by atoms with Crippen LogP contribution in [0, 0.1) is 13.8 Å². The van der Waals surface area contributed by atoms with Crippen LogP contribution < -0.4 is 4.74 Å². The molecule has 0 aliphatic carbocycles. The molecule has 0 saturated carbocycles. The van der Waals surface area contributed by atoms with Gasteiger partial charge in [0.05, 0.1) is 11.4 Å². The maximum Gasteiger partial charge on any atom is 0.264 e. The average molecular weight is 396 g/mol. The number of ether oxygens (including phenoxy) is 1. The van der Waals surface area contributed by atoms with E-state index in [0.29, 0.717) is 18.2 Å². The van der Waals surface area contributed by atoms with E-state index in [0.717, 1.165) is 34.4 Å². The van der Waals surface area contributed by atoms with Gasteiger partial charge in [-0.3, -0.25) is 4.79 Å². The molecule has 1 fully saturated rings. The van der Waals surface area contributed by atoms with Crippen LogP contribution in [-0.2, 0) is 0 Å². The number of aromatic nitrogens is 2. The highest BCUT2D eigenvalue weighted by molar-refractivity contribution is 9.10. The first-order chi connectivity index (χ1) is 11.0. The van der Waals surface area contributed by atoms with Crippen LogP contribution >= 0.6 is 27.3 Å². The standard InChI is InChI=1S/C16H18BrN3O2S/c1-10-6-15(19-11(2)18-10)22-13-4-3-5-20(8-13)16(21)14-7-12(17)9-23-14/h6-7,9,13H,3-5,8H2,1-2H3. The van der Waals surface area contributed by atoms with E-state index in [9.17, 15) is 4.79 Å². The van der Waals surface area contributed by atoms with Gasteiger partial charge in [-0.05, 0) is 48.7 Å². The third-order valence-electron chi connectivity index (χ3n) is 3.67. The maximum atomic E-state index is 12.6. The van der Waals surface area contributed by atoms with Crippen molar-refractivity contribution >= 4 is 33.2 Å². The lowest BCUT2D eigenvalue weighted by Crippen LogP contribution is -2.44. The highest BCUT2D eigenvalue weighted by Crippen LogP contribution is 2.24. The SMILES string of the molecule is Cc1cc(OC2CCCN(C(=O)c3cc(Br)cs3)C2)nc(C)n1. The summed E-state index contributed by atoms with van der Waals surface area (Å²) < 4.78 is 6.93. The van der Waals surface area contributed by atoms with Gasteiger partial charge in [0.2, 0.25) is 5.88 Å². The molecule has 3 rings (SSSR count). The number of piperidine rings is 1. The summed E-state index contributed by atoms with van der Waals surface area (Å²) in [6, 6.07) is 3.71. The van der Waals surface area contributed by atoms with Crippen LogP contribution in [0.2, 0.25) is 0 Å².